The van der Waals surface area contributed by atoms with Gasteiger partial charge in [0.25, 0.3) is 5.91 Å². The monoisotopic (exact) mass is 253 g/mol. The lowest BCUT2D eigenvalue weighted by molar-refractivity contribution is -0.125. The number of guanidine groups is 1. The van der Waals surface area contributed by atoms with Gasteiger partial charge in [0.15, 0.2) is 5.96 Å². The van der Waals surface area contributed by atoms with Crippen molar-refractivity contribution in [3.05, 3.63) is 0 Å². The molecule has 0 aliphatic carbocycles. The summed E-state index contributed by atoms with van der Waals surface area (Å²) in [7, 11) is 5.09. The number of nitrogens with one attached hydrogen (secondary N) is 2. The van der Waals surface area contributed by atoms with Crippen molar-refractivity contribution in [1.82, 2.24) is 20.4 Å². The number of likely N-dealkylation sites (tertiary alicyclic amines) is 1. The number of hydrogen-bond donors (Lipinski definition) is 2. The van der Waals surface area contributed by atoms with Crippen molar-refractivity contribution >= 4 is 17.9 Å². The van der Waals surface area contributed by atoms with Gasteiger partial charge in [-0.25, -0.2) is 4.79 Å². The second kappa shape index (κ2) is 4.47. The number of rotatable bonds is 0. The molecule has 2 fully saturated rings. The van der Waals surface area contributed by atoms with Crippen LogP contribution in [0.2, 0.25) is 0 Å². The maximum absolute atomic E-state index is 12.0. The molecular weight excluding hydrogens is 234 g/mol. The van der Waals surface area contributed by atoms with Crippen molar-refractivity contribution in [3.63, 3.8) is 0 Å². The van der Waals surface area contributed by atoms with Gasteiger partial charge >= 0.3 is 6.03 Å². The van der Waals surface area contributed by atoms with Crippen molar-refractivity contribution in [2.45, 2.75) is 18.4 Å². The van der Waals surface area contributed by atoms with E-state index < -0.39 is 5.54 Å². The lowest BCUT2D eigenvalue weighted by Crippen LogP contribution is -2.57. The van der Waals surface area contributed by atoms with Gasteiger partial charge in [-0.05, 0) is 12.8 Å². The molecule has 0 aromatic carbocycles. The Morgan fingerprint density at radius 2 is 2.00 bits per heavy atom. The van der Waals surface area contributed by atoms with Gasteiger partial charge in [-0.2, -0.15) is 0 Å². The second-order valence-corrected chi connectivity index (χ2v) is 4.90. The number of carbonyl (C=O) groups excluding carboxylic acids is 2. The SMILES string of the molecule is CN=C1NC(=O)C2(CCN(C(=O)N(C)C)CC2)N1. The van der Waals surface area contributed by atoms with Crippen LogP contribution in [0.15, 0.2) is 4.99 Å². The highest BCUT2D eigenvalue weighted by molar-refractivity contribution is 6.09. The van der Waals surface area contributed by atoms with Crippen LogP contribution in [-0.2, 0) is 4.79 Å². The third kappa shape index (κ3) is 2.00. The average molecular weight is 253 g/mol. The number of urea groups is 1. The Kier molecular flexibility index (Phi) is 3.14. The summed E-state index contributed by atoms with van der Waals surface area (Å²) in [5, 5.41) is 5.85. The van der Waals surface area contributed by atoms with E-state index in [0.29, 0.717) is 31.9 Å². The molecule has 2 saturated heterocycles. The fourth-order valence-electron chi connectivity index (χ4n) is 2.37. The minimum atomic E-state index is -0.585. The smallest absolute Gasteiger partial charge is 0.319 e. The first-order chi connectivity index (χ1) is 8.48. The number of carbonyl (C=O) groups is 2. The van der Waals surface area contributed by atoms with Crippen LogP contribution in [0.5, 0.6) is 0 Å². The predicted octanol–water partition coefficient (Wildman–Crippen LogP) is -0.792. The molecule has 2 aliphatic heterocycles. The van der Waals surface area contributed by atoms with Gasteiger partial charge in [0.05, 0.1) is 0 Å². The maximum atomic E-state index is 12.0. The Morgan fingerprint density at radius 1 is 1.39 bits per heavy atom. The van der Waals surface area contributed by atoms with Gasteiger partial charge in [-0.15, -0.1) is 0 Å². The number of amides is 3. The van der Waals surface area contributed by atoms with Crippen LogP contribution in [0.25, 0.3) is 0 Å². The zero-order chi connectivity index (χ0) is 13.3. The van der Waals surface area contributed by atoms with Crippen molar-refractivity contribution in [1.29, 1.82) is 0 Å². The van der Waals surface area contributed by atoms with Gasteiger partial charge in [-0.1, -0.05) is 0 Å². The molecule has 2 rings (SSSR count). The zero-order valence-electron chi connectivity index (χ0n) is 11.0. The van der Waals surface area contributed by atoms with Crippen molar-refractivity contribution in [2.75, 3.05) is 34.2 Å². The van der Waals surface area contributed by atoms with Crippen LogP contribution < -0.4 is 10.6 Å². The summed E-state index contributed by atoms with van der Waals surface area (Å²) in [6, 6.07) is -0.00682. The standard InChI is InChI=1S/C11H19N5O2/c1-12-9-13-8(17)11(14-9)4-6-16(7-5-11)10(18)15(2)3/h4-7H2,1-3H3,(H2,12,13,14,17). The number of hydrogen-bond acceptors (Lipinski definition) is 3. The normalized spacial score (nSPS) is 24.1. The van der Waals surface area contributed by atoms with Gasteiger partial charge in [0.1, 0.15) is 5.54 Å². The van der Waals surface area contributed by atoms with E-state index in [0.717, 1.165) is 0 Å². The highest BCUT2D eigenvalue weighted by atomic mass is 16.2. The molecule has 0 bridgehead atoms. The van der Waals surface area contributed by atoms with E-state index in [4.69, 9.17) is 0 Å². The highest BCUT2D eigenvalue weighted by Crippen LogP contribution is 2.25. The van der Waals surface area contributed by atoms with Crippen molar-refractivity contribution in [2.24, 2.45) is 4.99 Å². The Bertz CT molecular complexity index is 396. The summed E-state index contributed by atoms with van der Waals surface area (Å²) in [5.41, 5.74) is -0.585. The third-order valence-corrected chi connectivity index (χ3v) is 3.52. The van der Waals surface area contributed by atoms with Gasteiger partial charge < -0.3 is 15.1 Å². The molecule has 100 valence electrons. The van der Waals surface area contributed by atoms with Crippen LogP contribution in [0.1, 0.15) is 12.8 Å². The molecule has 0 aromatic heterocycles. The molecular formula is C11H19N5O2. The third-order valence-electron chi connectivity index (χ3n) is 3.52. The topological polar surface area (TPSA) is 77.0 Å². The fraction of sp³-hybridized carbons (Fsp3) is 0.727. The highest BCUT2D eigenvalue weighted by Gasteiger charge is 2.47. The summed E-state index contributed by atoms with van der Waals surface area (Å²) < 4.78 is 0. The molecule has 0 aromatic rings. The Morgan fingerprint density at radius 3 is 2.44 bits per heavy atom. The van der Waals surface area contributed by atoms with Crippen molar-refractivity contribution in [3.8, 4) is 0 Å². The molecule has 3 amide bonds. The van der Waals surface area contributed by atoms with Crippen LogP contribution in [-0.4, -0.2) is 67.5 Å². The van der Waals surface area contributed by atoms with Crippen LogP contribution in [0.3, 0.4) is 0 Å². The summed E-state index contributed by atoms with van der Waals surface area (Å²) in [6.45, 7) is 1.16. The average Bonchev–Trinajstić information content (AvgIpc) is 2.66. The first-order valence-corrected chi connectivity index (χ1v) is 6.01. The van der Waals surface area contributed by atoms with E-state index in [1.807, 2.05) is 0 Å². The van der Waals surface area contributed by atoms with Gasteiger partial charge in [0.2, 0.25) is 0 Å². The number of aliphatic imine (C=N–C) groups is 1. The van der Waals surface area contributed by atoms with E-state index in [9.17, 15) is 9.59 Å². The van der Waals surface area contributed by atoms with E-state index in [2.05, 4.69) is 15.6 Å². The van der Waals surface area contributed by atoms with Crippen LogP contribution in [0, 0.1) is 0 Å². The minimum absolute atomic E-state index is 0.00682. The largest absolute Gasteiger partial charge is 0.341 e. The molecule has 0 atom stereocenters. The molecule has 7 nitrogen and oxygen atoms in total. The van der Waals surface area contributed by atoms with E-state index in [-0.39, 0.29) is 11.9 Å². The summed E-state index contributed by atoms with van der Waals surface area (Å²) in [4.78, 5) is 31.0. The molecule has 0 radical (unpaired) electrons. The summed E-state index contributed by atoms with van der Waals surface area (Å²) in [6.07, 6.45) is 1.22. The van der Waals surface area contributed by atoms with E-state index in [1.54, 1.807) is 30.9 Å². The van der Waals surface area contributed by atoms with Crippen LogP contribution >= 0.6 is 0 Å². The predicted molar refractivity (Wildman–Crippen MR) is 67.3 cm³/mol. The lowest BCUT2D eigenvalue weighted by Gasteiger charge is -2.38. The number of piperidine rings is 1. The Labute approximate surface area is 106 Å². The molecule has 18 heavy (non-hydrogen) atoms. The quantitative estimate of drug-likeness (QED) is 0.594. The molecule has 2 aliphatic rings. The Balaban J connectivity index is 2.02. The molecule has 7 heteroatoms. The maximum Gasteiger partial charge on any atom is 0.319 e. The van der Waals surface area contributed by atoms with Gasteiger partial charge in [-0.3, -0.25) is 15.1 Å². The molecule has 2 N–H and O–H groups in total. The van der Waals surface area contributed by atoms with Crippen LogP contribution in [0.4, 0.5) is 4.79 Å². The summed E-state index contributed by atoms with van der Waals surface area (Å²) >= 11 is 0. The first kappa shape index (κ1) is 12.7. The van der Waals surface area contributed by atoms with Gasteiger partial charge in [0, 0.05) is 34.2 Å². The molecule has 2 heterocycles. The minimum Gasteiger partial charge on any atom is -0.341 e. The summed E-state index contributed by atoms with van der Waals surface area (Å²) in [5.74, 6) is 0.479. The fourth-order valence-corrected chi connectivity index (χ4v) is 2.37. The Hall–Kier alpha value is -1.79. The van der Waals surface area contributed by atoms with E-state index >= 15 is 0 Å². The van der Waals surface area contributed by atoms with E-state index in [1.165, 1.54) is 0 Å². The van der Waals surface area contributed by atoms with Crippen molar-refractivity contribution < 1.29 is 9.59 Å². The molecule has 0 unspecified atom stereocenters. The molecule has 0 saturated carbocycles. The number of nitrogens with zero attached hydrogens (tertiary/aromatic N) is 3. The first-order valence-electron chi connectivity index (χ1n) is 6.01. The zero-order valence-corrected chi connectivity index (χ0v) is 11.0. The second-order valence-electron chi connectivity index (χ2n) is 4.90. The lowest BCUT2D eigenvalue weighted by atomic mass is 9.88. The molecule has 1 spiro atoms.